The monoisotopic (exact) mass is 311 g/mol. The number of hydrazine groups is 1. The molecule has 0 unspecified atom stereocenters. The highest BCUT2D eigenvalue weighted by atomic mass is 35.5. The van der Waals surface area contributed by atoms with Crippen LogP contribution in [0.4, 0.5) is 5.82 Å². The maximum Gasteiger partial charge on any atom is 0.252 e. The van der Waals surface area contributed by atoms with Crippen LogP contribution in [0.1, 0.15) is 36.0 Å². The largest absolute Gasteiger partial charge is 0.353 e. The average molecular weight is 312 g/mol. The third-order valence-corrected chi connectivity index (χ3v) is 3.34. The van der Waals surface area contributed by atoms with E-state index in [1.807, 2.05) is 0 Å². The maximum atomic E-state index is 11.9. The summed E-state index contributed by atoms with van der Waals surface area (Å²) in [6.07, 6.45) is 4.53. The number of carbonyl (C=O) groups excluding carboxylic acids is 2. The predicted molar refractivity (Wildman–Crippen MR) is 79.8 cm³/mol. The topological polar surface area (TPSA) is 109 Å². The van der Waals surface area contributed by atoms with Gasteiger partial charge in [-0.05, 0) is 25.3 Å². The first-order valence-electron chi connectivity index (χ1n) is 6.80. The fraction of sp³-hybridized carbons (Fsp3) is 0.462. The molecule has 0 aromatic carbocycles. The number of pyridine rings is 1. The van der Waals surface area contributed by atoms with Crippen LogP contribution < -0.4 is 21.9 Å². The molecule has 21 heavy (non-hydrogen) atoms. The van der Waals surface area contributed by atoms with Crippen molar-refractivity contribution in [1.82, 2.24) is 15.6 Å². The number of halogens is 1. The molecule has 1 aliphatic rings. The van der Waals surface area contributed by atoms with Gasteiger partial charge in [0.25, 0.3) is 5.91 Å². The third kappa shape index (κ3) is 4.87. The molecule has 1 saturated carbocycles. The van der Waals surface area contributed by atoms with Crippen molar-refractivity contribution in [3.63, 3.8) is 0 Å². The smallest absolute Gasteiger partial charge is 0.252 e. The normalized spacial score (nSPS) is 13.6. The number of nitrogens with one attached hydrogen (secondary N) is 3. The van der Waals surface area contributed by atoms with Crippen molar-refractivity contribution < 1.29 is 9.59 Å². The Hall–Kier alpha value is -1.86. The molecule has 2 amide bonds. The van der Waals surface area contributed by atoms with E-state index in [9.17, 15) is 9.59 Å². The molecule has 7 nitrogen and oxygen atoms in total. The first-order chi connectivity index (χ1) is 10.1. The quantitative estimate of drug-likeness (QED) is 0.338. The van der Waals surface area contributed by atoms with E-state index in [4.69, 9.17) is 17.4 Å². The summed E-state index contributed by atoms with van der Waals surface area (Å²) in [5, 5.41) is 5.89. The van der Waals surface area contributed by atoms with Gasteiger partial charge in [-0.2, -0.15) is 0 Å². The molecule has 1 fully saturated rings. The second-order valence-corrected chi connectivity index (χ2v) is 5.31. The molecule has 0 atom stereocenters. The molecule has 1 aromatic heterocycles. The summed E-state index contributed by atoms with van der Waals surface area (Å²) in [5.41, 5.74) is 2.68. The molecule has 0 radical (unpaired) electrons. The third-order valence-electron chi connectivity index (χ3n) is 3.05. The minimum Gasteiger partial charge on any atom is -0.353 e. The Balaban J connectivity index is 1.71. The number of carbonyl (C=O) groups is 2. The number of hydrogen-bond acceptors (Lipinski definition) is 5. The number of hydrogen-bond donors (Lipinski definition) is 4. The average Bonchev–Trinajstić information content (AvgIpc) is 3.27. The molecule has 0 aliphatic heterocycles. The SMILES string of the molecule is NNc1ncc(C(=O)NCCCC(=O)NC2CC2)cc1Cl. The molecule has 1 aromatic rings. The van der Waals surface area contributed by atoms with Gasteiger partial charge in [-0.25, -0.2) is 10.8 Å². The molecule has 114 valence electrons. The van der Waals surface area contributed by atoms with Gasteiger partial charge in [0.2, 0.25) is 5.91 Å². The Labute approximate surface area is 127 Å². The lowest BCUT2D eigenvalue weighted by Crippen LogP contribution is -2.28. The molecular formula is C13H18ClN5O2. The summed E-state index contributed by atoms with van der Waals surface area (Å²) >= 11 is 5.89. The van der Waals surface area contributed by atoms with Crippen molar-refractivity contribution in [2.75, 3.05) is 12.0 Å². The summed E-state index contributed by atoms with van der Waals surface area (Å²) < 4.78 is 0. The number of aromatic nitrogens is 1. The van der Waals surface area contributed by atoms with Crippen LogP contribution in [0.15, 0.2) is 12.3 Å². The van der Waals surface area contributed by atoms with E-state index >= 15 is 0 Å². The molecule has 0 spiro atoms. The lowest BCUT2D eigenvalue weighted by molar-refractivity contribution is -0.121. The molecule has 0 saturated heterocycles. The number of nitrogen functional groups attached to an aromatic ring is 1. The summed E-state index contributed by atoms with van der Waals surface area (Å²) in [6, 6.07) is 1.86. The molecule has 2 rings (SSSR count). The van der Waals surface area contributed by atoms with Crippen LogP contribution in [0.25, 0.3) is 0 Å². The van der Waals surface area contributed by atoms with Gasteiger partial charge in [0, 0.05) is 25.2 Å². The lowest BCUT2D eigenvalue weighted by Gasteiger charge is -2.07. The molecular weight excluding hydrogens is 294 g/mol. The lowest BCUT2D eigenvalue weighted by atomic mass is 10.2. The summed E-state index contributed by atoms with van der Waals surface area (Å²) in [7, 11) is 0. The van der Waals surface area contributed by atoms with E-state index in [1.54, 1.807) is 0 Å². The second-order valence-electron chi connectivity index (χ2n) is 4.90. The highest BCUT2D eigenvalue weighted by molar-refractivity contribution is 6.33. The first kappa shape index (κ1) is 15.5. The number of nitrogens with zero attached hydrogens (tertiary/aromatic N) is 1. The van der Waals surface area contributed by atoms with Crippen LogP contribution in [0.5, 0.6) is 0 Å². The van der Waals surface area contributed by atoms with E-state index in [0.29, 0.717) is 36.8 Å². The van der Waals surface area contributed by atoms with Crippen LogP contribution in [0, 0.1) is 0 Å². The minimum absolute atomic E-state index is 0.0369. The van der Waals surface area contributed by atoms with Crippen molar-refractivity contribution in [2.45, 2.75) is 31.7 Å². The molecule has 0 bridgehead atoms. The Morgan fingerprint density at radius 1 is 1.43 bits per heavy atom. The van der Waals surface area contributed by atoms with E-state index < -0.39 is 0 Å². The fourth-order valence-electron chi connectivity index (χ4n) is 1.75. The predicted octanol–water partition coefficient (Wildman–Crippen LogP) is 0.809. The zero-order chi connectivity index (χ0) is 15.2. The molecule has 1 heterocycles. The second kappa shape index (κ2) is 7.24. The van der Waals surface area contributed by atoms with Crippen LogP contribution in [0.2, 0.25) is 5.02 Å². The van der Waals surface area contributed by atoms with Crippen LogP contribution in [-0.4, -0.2) is 29.4 Å². The van der Waals surface area contributed by atoms with Gasteiger partial charge >= 0.3 is 0 Å². The van der Waals surface area contributed by atoms with Gasteiger partial charge in [-0.15, -0.1) is 0 Å². The Morgan fingerprint density at radius 2 is 2.19 bits per heavy atom. The molecule has 5 N–H and O–H groups in total. The standard InChI is InChI=1S/C13H18ClN5O2/c14-10-6-8(7-17-12(10)19-15)13(21)16-5-1-2-11(20)18-9-3-4-9/h6-7,9H,1-5,15H2,(H,16,21)(H,17,19)(H,18,20). The van der Waals surface area contributed by atoms with Crippen LogP contribution in [0.3, 0.4) is 0 Å². The van der Waals surface area contributed by atoms with E-state index in [0.717, 1.165) is 12.8 Å². The number of nitrogens with two attached hydrogens (primary N) is 1. The number of anilines is 1. The van der Waals surface area contributed by atoms with Crippen LogP contribution >= 0.6 is 11.6 Å². The fourth-order valence-corrected chi connectivity index (χ4v) is 1.97. The summed E-state index contributed by atoms with van der Waals surface area (Å²) in [6.45, 7) is 0.422. The van der Waals surface area contributed by atoms with Crippen molar-refractivity contribution in [3.8, 4) is 0 Å². The Morgan fingerprint density at radius 3 is 2.81 bits per heavy atom. The Bertz CT molecular complexity index is 533. The van der Waals surface area contributed by atoms with Gasteiger partial charge in [0.1, 0.15) is 0 Å². The van der Waals surface area contributed by atoms with E-state index in [1.165, 1.54) is 12.3 Å². The molecule has 1 aliphatic carbocycles. The first-order valence-corrected chi connectivity index (χ1v) is 7.17. The summed E-state index contributed by atoms with van der Waals surface area (Å²) in [5.74, 6) is 5.27. The van der Waals surface area contributed by atoms with Gasteiger partial charge in [0.05, 0.1) is 10.6 Å². The highest BCUT2D eigenvalue weighted by Gasteiger charge is 2.22. The Kier molecular flexibility index (Phi) is 5.35. The van der Waals surface area contributed by atoms with Gasteiger partial charge in [-0.3, -0.25) is 9.59 Å². The van der Waals surface area contributed by atoms with Crippen molar-refractivity contribution >= 4 is 29.2 Å². The van der Waals surface area contributed by atoms with Crippen molar-refractivity contribution in [1.29, 1.82) is 0 Å². The minimum atomic E-state index is -0.282. The zero-order valence-electron chi connectivity index (χ0n) is 11.5. The van der Waals surface area contributed by atoms with Gasteiger partial charge in [0.15, 0.2) is 5.82 Å². The highest BCUT2D eigenvalue weighted by Crippen LogP contribution is 2.19. The number of amides is 2. The van der Waals surface area contributed by atoms with Gasteiger partial charge in [-0.1, -0.05) is 11.6 Å². The van der Waals surface area contributed by atoms with Gasteiger partial charge < -0.3 is 16.1 Å². The van der Waals surface area contributed by atoms with Crippen molar-refractivity contribution in [2.24, 2.45) is 5.84 Å². The van der Waals surface area contributed by atoms with E-state index in [-0.39, 0.29) is 16.8 Å². The van der Waals surface area contributed by atoms with E-state index in [2.05, 4.69) is 21.0 Å². The molecule has 8 heteroatoms. The van der Waals surface area contributed by atoms with Crippen molar-refractivity contribution in [3.05, 3.63) is 22.8 Å². The summed E-state index contributed by atoms with van der Waals surface area (Å²) in [4.78, 5) is 27.2. The number of rotatable bonds is 7. The maximum absolute atomic E-state index is 11.9. The zero-order valence-corrected chi connectivity index (χ0v) is 12.2. The van der Waals surface area contributed by atoms with Crippen LogP contribution in [-0.2, 0) is 4.79 Å².